The Kier molecular flexibility index (Phi) is 27.1. The molecule has 480 valence electrons. The molecule has 2 unspecified atom stereocenters. The molecule has 6 fully saturated rings. The van der Waals surface area contributed by atoms with Gasteiger partial charge in [0.2, 0.25) is 0 Å². The summed E-state index contributed by atoms with van der Waals surface area (Å²) in [6.45, 7) is 6.12. The Bertz CT molecular complexity index is 1870. The van der Waals surface area contributed by atoms with Gasteiger partial charge in [0.1, 0.15) is 122 Å². The summed E-state index contributed by atoms with van der Waals surface area (Å²) < 4.78 is 71.5. The molecular weight excluding hydrogens is 1100 g/mol. The molecule has 6 aliphatic rings. The molecule has 0 aromatic rings. The van der Waals surface area contributed by atoms with Crippen LogP contribution in [0.5, 0.6) is 0 Å². The summed E-state index contributed by atoms with van der Waals surface area (Å²) in [6.07, 6.45) is -44.7. The molecule has 0 saturated carbocycles. The lowest BCUT2D eigenvalue weighted by molar-refractivity contribution is -0.402. The van der Waals surface area contributed by atoms with Crippen molar-refractivity contribution in [3.63, 3.8) is 0 Å². The minimum absolute atomic E-state index is 0.331. The van der Waals surface area contributed by atoms with Crippen LogP contribution in [0.15, 0.2) is 0 Å². The van der Waals surface area contributed by atoms with Crippen LogP contribution in [0.25, 0.3) is 0 Å². The summed E-state index contributed by atoms with van der Waals surface area (Å²) in [5.74, 6) is -1.09. The monoisotopic (exact) mass is 1200 g/mol. The Hall–Kier alpha value is -1.65. The molecule has 30 nitrogen and oxygen atoms in total. The van der Waals surface area contributed by atoms with E-state index >= 15 is 0 Å². The van der Waals surface area contributed by atoms with Crippen LogP contribution in [0.3, 0.4) is 0 Å². The molecule has 0 amide bonds. The number of hydrogen-bond donors (Lipinski definition) is 17. The molecule has 0 spiro atoms. The average Bonchev–Trinajstić information content (AvgIpc) is 3.64. The van der Waals surface area contributed by atoms with Crippen LogP contribution in [0, 0.1) is 0 Å². The summed E-state index contributed by atoms with van der Waals surface area (Å²) in [4.78, 5) is 11.0. The van der Waals surface area contributed by atoms with Crippen molar-refractivity contribution in [3.05, 3.63) is 0 Å². The Morgan fingerprint density at radius 2 is 0.841 bits per heavy atom. The van der Waals surface area contributed by atoms with Gasteiger partial charge in [0.15, 0.2) is 37.7 Å². The topological polar surface area (TPSA) is 472 Å². The number of unbranched alkanes of at least 4 members (excludes halogenated alkanes) is 6. The fourth-order valence-electron chi connectivity index (χ4n) is 10.9. The Morgan fingerprint density at radius 1 is 0.415 bits per heavy atom. The molecule has 82 heavy (non-hydrogen) atoms. The van der Waals surface area contributed by atoms with E-state index in [4.69, 9.17) is 61.9 Å². The molecule has 0 bridgehead atoms. The Balaban J connectivity index is 1.19. The van der Waals surface area contributed by atoms with E-state index in [0.717, 1.165) is 32.1 Å². The summed E-state index contributed by atoms with van der Waals surface area (Å²) >= 11 is 0. The van der Waals surface area contributed by atoms with Gasteiger partial charge in [-0.15, -0.1) is 0 Å². The van der Waals surface area contributed by atoms with Crippen LogP contribution in [0.2, 0.25) is 0 Å². The summed E-state index contributed by atoms with van der Waals surface area (Å²) in [5, 5.41) is 184. The third-order valence-corrected chi connectivity index (χ3v) is 16.2. The lowest BCUT2D eigenvalue weighted by Gasteiger charge is -2.50. The van der Waals surface area contributed by atoms with Gasteiger partial charge in [0.25, 0.3) is 0 Å². The van der Waals surface area contributed by atoms with E-state index in [1.807, 2.05) is 6.92 Å². The van der Waals surface area contributed by atoms with Crippen molar-refractivity contribution in [1.29, 1.82) is 0 Å². The minimum Gasteiger partial charge on any atom is -0.481 e. The van der Waals surface area contributed by atoms with E-state index in [-0.39, 0.29) is 6.42 Å². The van der Waals surface area contributed by atoms with Gasteiger partial charge in [-0.25, -0.2) is 0 Å². The number of aliphatic hydroxyl groups is 16. The predicted octanol–water partition coefficient (Wildman–Crippen LogP) is -5.45. The van der Waals surface area contributed by atoms with E-state index in [2.05, 4.69) is 0 Å². The third kappa shape index (κ3) is 17.4. The molecular formula is C52H92O30. The van der Waals surface area contributed by atoms with Crippen molar-refractivity contribution in [2.45, 2.75) is 308 Å². The second-order valence-corrected chi connectivity index (χ2v) is 22.6. The maximum Gasteiger partial charge on any atom is 0.305 e. The summed E-state index contributed by atoms with van der Waals surface area (Å²) in [5.41, 5.74) is 0. The number of aliphatic carboxylic acids is 1. The minimum atomic E-state index is -2.08. The van der Waals surface area contributed by atoms with Crippen molar-refractivity contribution in [2.75, 3.05) is 13.2 Å². The summed E-state index contributed by atoms with van der Waals surface area (Å²) in [6, 6.07) is 0. The second-order valence-electron chi connectivity index (χ2n) is 22.6. The molecule has 32 atom stereocenters. The zero-order valence-corrected chi connectivity index (χ0v) is 46.8. The number of hydrogen-bond acceptors (Lipinski definition) is 29. The molecule has 6 saturated heterocycles. The fraction of sp³-hybridized carbons (Fsp3) is 0.981. The van der Waals surface area contributed by atoms with Crippen LogP contribution < -0.4 is 0 Å². The third-order valence-electron chi connectivity index (χ3n) is 16.2. The van der Waals surface area contributed by atoms with Gasteiger partial charge in [-0.1, -0.05) is 58.3 Å². The van der Waals surface area contributed by atoms with E-state index in [9.17, 15) is 86.5 Å². The van der Waals surface area contributed by atoms with Crippen molar-refractivity contribution >= 4 is 5.97 Å². The molecule has 30 heteroatoms. The molecule has 0 radical (unpaired) electrons. The average molecular weight is 1200 g/mol. The van der Waals surface area contributed by atoms with E-state index < -0.39 is 216 Å². The quantitative estimate of drug-likeness (QED) is 0.0325. The first-order valence-electron chi connectivity index (χ1n) is 28.6. The maximum atomic E-state index is 12.0. The van der Waals surface area contributed by atoms with Gasteiger partial charge in [-0.3, -0.25) is 4.79 Å². The molecule has 6 aliphatic heterocycles. The zero-order chi connectivity index (χ0) is 60.4. The van der Waals surface area contributed by atoms with Gasteiger partial charge < -0.3 is 144 Å². The fourth-order valence-corrected chi connectivity index (χ4v) is 10.9. The summed E-state index contributed by atoms with van der Waals surface area (Å²) in [7, 11) is 0. The van der Waals surface area contributed by atoms with Gasteiger partial charge >= 0.3 is 5.97 Å². The van der Waals surface area contributed by atoms with E-state index in [1.54, 1.807) is 0 Å². The number of rotatable bonds is 28. The van der Waals surface area contributed by atoms with Gasteiger partial charge in [-0.05, 0) is 47.0 Å². The van der Waals surface area contributed by atoms with Crippen molar-refractivity contribution in [3.8, 4) is 0 Å². The van der Waals surface area contributed by atoms with Crippen molar-refractivity contribution in [2.24, 2.45) is 0 Å². The lowest BCUT2D eigenvalue weighted by Crippen LogP contribution is -2.67. The van der Waals surface area contributed by atoms with Crippen molar-refractivity contribution < 1.29 is 148 Å². The highest BCUT2D eigenvalue weighted by Crippen LogP contribution is 2.37. The van der Waals surface area contributed by atoms with Gasteiger partial charge in [0, 0.05) is 0 Å². The molecule has 0 aliphatic carbocycles. The maximum absolute atomic E-state index is 12.0. The number of ether oxygens (including phenoxy) is 12. The number of carbonyl (C=O) groups is 1. The Labute approximate surface area is 474 Å². The smallest absolute Gasteiger partial charge is 0.305 e. The molecule has 17 N–H and O–H groups in total. The predicted molar refractivity (Wildman–Crippen MR) is 271 cm³/mol. The Morgan fingerprint density at radius 3 is 1.43 bits per heavy atom. The highest BCUT2D eigenvalue weighted by atomic mass is 16.8. The normalized spacial score (nSPS) is 46.5. The molecule has 6 heterocycles. The molecule has 0 aromatic carbocycles. The lowest BCUT2D eigenvalue weighted by atomic mass is 9.95. The van der Waals surface area contributed by atoms with Gasteiger partial charge in [0.05, 0.1) is 56.3 Å². The zero-order valence-electron chi connectivity index (χ0n) is 46.8. The molecule has 0 aromatic heterocycles. The highest BCUT2D eigenvalue weighted by Gasteiger charge is 2.57. The number of aliphatic hydroxyl groups excluding tert-OH is 16. The van der Waals surface area contributed by atoms with Crippen LogP contribution in [-0.4, -0.2) is 302 Å². The van der Waals surface area contributed by atoms with Crippen LogP contribution in [-0.2, 0) is 61.6 Å². The first kappa shape index (κ1) is 69.5. The van der Waals surface area contributed by atoms with Crippen molar-refractivity contribution in [1.82, 2.24) is 0 Å². The second kappa shape index (κ2) is 32.0. The van der Waals surface area contributed by atoms with Crippen LogP contribution in [0.1, 0.15) is 112 Å². The highest BCUT2D eigenvalue weighted by molar-refractivity contribution is 5.67. The standard InChI is InChI=1S/C52H92O30/c1-6-7-11-15-25(16-13-10-8-9-12-14-24(54)17-28(55)56)76-51-45(37(65)33(61)27(78-51)19-71-47-39(67)34(62)29(57)20(2)72-47)82-52-46(36(64)32(60)26(18-53)77-52)81-49-41(69)38(66)43(23(5)75-49)79-50-42(70)44(31(59)22(4)74-50)80-48-40(68)35(63)30(58)21(3)73-48/h20-27,29-54,57-70H,6-19H2,1-5H3,(H,55,56)/t20-,21-,22+,23-,24+,25-,26+,27-,29+,30+,31-,32-,33-,34-,35-,36+,37+,38+,39?,40+,41?,42+,43+,44+,45-,46+,47-,48+,49+,50+,51+,52+/m1/s1. The number of carboxylic acids is 1. The first-order chi connectivity index (χ1) is 38.8. The van der Waals surface area contributed by atoms with Crippen LogP contribution >= 0.6 is 0 Å². The number of carboxylic acid groups (broad SMARTS) is 1. The van der Waals surface area contributed by atoms with Gasteiger partial charge in [-0.2, -0.15) is 0 Å². The van der Waals surface area contributed by atoms with E-state index in [1.165, 1.54) is 27.7 Å². The van der Waals surface area contributed by atoms with E-state index in [0.29, 0.717) is 38.5 Å². The van der Waals surface area contributed by atoms with Crippen LogP contribution in [0.4, 0.5) is 0 Å². The molecule has 6 rings (SSSR count). The SMILES string of the molecule is CCCCC[C@H](CCCCCCC[C@H](O)CC(=O)O)O[C@H]1O[C@H](CO[C@@H]2O[C@H](C)[C@H](O)[C@@H](O)C2O)[C@@H](O)[C@H](O)[C@H]1O[C@@H]1O[C@@H](CO)[C@@H](O)[C@H](O)[C@@H]1O[C@@H]1O[C@H](C)[C@H](O[C@@H]2O[C@@H](C)[C@@H](O)[C@H](O[C@@H]3O[C@H](C)[C@H](O)[C@@H](O)[C@@H]3O)[C@@H]2O)[C@@H](O)C1O. The largest absolute Gasteiger partial charge is 0.481 e. The first-order valence-corrected chi connectivity index (χ1v) is 28.6.